The van der Waals surface area contributed by atoms with Gasteiger partial charge in [0.05, 0.1) is 22.5 Å². The van der Waals surface area contributed by atoms with Gasteiger partial charge in [0.15, 0.2) is 0 Å². The number of nitrogens with zero attached hydrogens (tertiary/aromatic N) is 2. The molecule has 4 rings (SSSR count). The number of hydrogen-bond acceptors (Lipinski definition) is 4. The Bertz CT molecular complexity index is 1150. The molecule has 154 valence electrons. The van der Waals surface area contributed by atoms with Crippen LogP contribution in [0.3, 0.4) is 0 Å². The molecule has 0 aliphatic carbocycles. The van der Waals surface area contributed by atoms with Crippen LogP contribution in [0.1, 0.15) is 26.6 Å². The van der Waals surface area contributed by atoms with Gasteiger partial charge in [0.25, 0.3) is 5.91 Å². The van der Waals surface area contributed by atoms with Gasteiger partial charge in [-0.1, -0.05) is 24.3 Å². The Morgan fingerprint density at radius 3 is 2.77 bits per heavy atom. The number of nitrogens with one attached hydrogen (secondary N) is 1. The minimum Gasteiger partial charge on any atom is -0.492 e. The highest BCUT2D eigenvalue weighted by molar-refractivity contribution is 7.12. The van der Waals surface area contributed by atoms with Crippen molar-refractivity contribution in [2.24, 2.45) is 0 Å². The van der Waals surface area contributed by atoms with E-state index in [9.17, 15) is 4.79 Å². The Hall–Kier alpha value is -3.12. The molecule has 0 saturated heterocycles. The number of benzene rings is 2. The molecule has 0 aliphatic rings. The Morgan fingerprint density at radius 2 is 1.97 bits per heavy atom. The minimum absolute atomic E-state index is 0.0364. The molecule has 0 bridgehead atoms. The van der Waals surface area contributed by atoms with E-state index >= 15 is 0 Å². The molecule has 4 aromatic rings. The summed E-state index contributed by atoms with van der Waals surface area (Å²) >= 11 is 1.45. The largest absolute Gasteiger partial charge is 0.492 e. The van der Waals surface area contributed by atoms with Crippen molar-refractivity contribution in [3.8, 4) is 5.75 Å². The smallest absolute Gasteiger partial charge is 0.261 e. The summed E-state index contributed by atoms with van der Waals surface area (Å²) in [7, 11) is 0. The molecule has 0 unspecified atom stereocenters. The second-order valence-corrected chi connectivity index (χ2v) is 8.19. The Balaban J connectivity index is 1.43. The molecule has 2 heterocycles. The molecule has 30 heavy (non-hydrogen) atoms. The van der Waals surface area contributed by atoms with Crippen LogP contribution in [0.2, 0.25) is 0 Å². The summed E-state index contributed by atoms with van der Waals surface area (Å²) in [4.78, 5) is 17.7. The van der Waals surface area contributed by atoms with Gasteiger partial charge in [-0.3, -0.25) is 4.79 Å². The molecule has 1 N–H and O–H groups in total. The zero-order chi connectivity index (χ0) is 20.9. The number of para-hydroxylation sites is 2. The second kappa shape index (κ2) is 9.13. The molecular formula is C24H25N3O2S. The normalized spacial score (nSPS) is 11.0. The maximum absolute atomic E-state index is 12.2. The summed E-state index contributed by atoms with van der Waals surface area (Å²) in [6.07, 6.45) is 0.662. The van der Waals surface area contributed by atoms with Crippen LogP contribution in [-0.2, 0) is 13.0 Å². The van der Waals surface area contributed by atoms with Gasteiger partial charge in [0.1, 0.15) is 18.2 Å². The fraction of sp³-hybridized carbons (Fsp3) is 0.250. The Kier molecular flexibility index (Phi) is 6.14. The fourth-order valence-corrected chi connectivity index (χ4v) is 4.05. The molecule has 0 radical (unpaired) electrons. The van der Waals surface area contributed by atoms with Crippen molar-refractivity contribution < 1.29 is 9.53 Å². The number of imidazole rings is 1. The number of thiophene rings is 1. The van der Waals surface area contributed by atoms with Crippen molar-refractivity contribution in [1.29, 1.82) is 0 Å². The number of aryl methyl sites for hydroxylation is 2. The number of amides is 1. The molecule has 0 saturated carbocycles. The van der Waals surface area contributed by atoms with Crippen molar-refractivity contribution in [1.82, 2.24) is 14.9 Å². The first-order valence-corrected chi connectivity index (χ1v) is 11.0. The lowest BCUT2D eigenvalue weighted by molar-refractivity contribution is 0.0958. The number of ether oxygens (including phenoxy) is 1. The third-order valence-corrected chi connectivity index (χ3v) is 6.04. The number of fused-ring (bicyclic) bond motifs is 1. The van der Waals surface area contributed by atoms with E-state index in [0.29, 0.717) is 26.1 Å². The van der Waals surface area contributed by atoms with Gasteiger partial charge >= 0.3 is 0 Å². The van der Waals surface area contributed by atoms with Crippen LogP contribution in [0.25, 0.3) is 11.0 Å². The lowest BCUT2D eigenvalue weighted by Crippen LogP contribution is -2.26. The standard InChI is InChI=1S/C24H25N3O2S/c1-17-9-10-19(16-18(17)2)29-14-13-27-21-7-4-3-6-20(21)26-23(27)11-12-25-24(28)22-8-5-15-30-22/h3-10,15-16H,11-14H2,1-2H3,(H,25,28). The van der Waals surface area contributed by atoms with Crippen molar-refractivity contribution in [2.75, 3.05) is 13.2 Å². The van der Waals surface area contributed by atoms with Crippen LogP contribution >= 0.6 is 11.3 Å². The van der Waals surface area contributed by atoms with E-state index in [0.717, 1.165) is 27.5 Å². The molecule has 1 amide bonds. The fourth-order valence-electron chi connectivity index (χ4n) is 3.41. The molecule has 0 aliphatic heterocycles. The van der Waals surface area contributed by atoms with Crippen molar-refractivity contribution in [3.05, 3.63) is 81.8 Å². The lowest BCUT2D eigenvalue weighted by Gasteiger charge is -2.12. The maximum Gasteiger partial charge on any atom is 0.261 e. The highest BCUT2D eigenvalue weighted by atomic mass is 32.1. The van der Waals surface area contributed by atoms with Crippen LogP contribution in [-0.4, -0.2) is 28.6 Å². The summed E-state index contributed by atoms with van der Waals surface area (Å²) < 4.78 is 8.18. The van der Waals surface area contributed by atoms with Crippen molar-refractivity contribution in [2.45, 2.75) is 26.8 Å². The zero-order valence-corrected chi connectivity index (χ0v) is 18.0. The number of aromatic nitrogens is 2. The average molecular weight is 420 g/mol. The topological polar surface area (TPSA) is 56.1 Å². The van der Waals surface area contributed by atoms with Gasteiger partial charge in [-0.2, -0.15) is 0 Å². The number of carbonyl (C=O) groups is 1. The van der Waals surface area contributed by atoms with Crippen LogP contribution in [0.5, 0.6) is 5.75 Å². The summed E-state index contributed by atoms with van der Waals surface area (Å²) in [5.74, 6) is 1.80. The molecule has 6 heteroatoms. The molecule has 0 spiro atoms. The first-order valence-electron chi connectivity index (χ1n) is 10.1. The predicted molar refractivity (Wildman–Crippen MR) is 122 cm³/mol. The van der Waals surface area contributed by atoms with E-state index in [4.69, 9.17) is 9.72 Å². The summed E-state index contributed by atoms with van der Waals surface area (Å²) in [6.45, 7) is 5.98. The van der Waals surface area contributed by atoms with Gasteiger partial charge in [-0.05, 0) is 60.7 Å². The number of rotatable bonds is 8. The molecule has 0 fully saturated rings. The van der Waals surface area contributed by atoms with Gasteiger partial charge in [-0.15, -0.1) is 11.3 Å². The molecular weight excluding hydrogens is 394 g/mol. The second-order valence-electron chi connectivity index (χ2n) is 7.25. The van der Waals surface area contributed by atoms with E-state index in [2.05, 4.69) is 41.9 Å². The maximum atomic E-state index is 12.2. The third kappa shape index (κ3) is 4.54. The Morgan fingerprint density at radius 1 is 1.10 bits per heavy atom. The van der Waals surface area contributed by atoms with Crippen LogP contribution < -0.4 is 10.1 Å². The summed E-state index contributed by atoms with van der Waals surface area (Å²) in [6, 6.07) is 18.0. The third-order valence-electron chi connectivity index (χ3n) is 5.17. The van der Waals surface area contributed by atoms with E-state index in [1.165, 1.54) is 22.5 Å². The quantitative estimate of drug-likeness (QED) is 0.448. The molecule has 0 atom stereocenters. The van der Waals surface area contributed by atoms with Crippen LogP contribution in [0, 0.1) is 13.8 Å². The minimum atomic E-state index is -0.0364. The van der Waals surface area contributed by atoms with E-state index in [1.54, 1.807) is 0 Å². The van der Waals surface area contributed by atoms with Crippen LogP contribution in [0.15, 0.2) is 60.0 Å². The number of hydrogen-bond donors (Lipinski definition) is 1. The van der Waals surface area contributed by atoms with Gasteiger partial charge in [-0.25, -0.2) is 4.98 Å². The van der Waals surface area contributed by atoms with Crippen molar-refractivity contribution >= 4 is 28.3 Å². The average Bonchev–Trinajstić information content (AvgIpc) is 3.39. The molecule has 5 nitrogen and oxygen atoms in total. The lowest BCUT2D eigenvalue weighted by atomic mass is 10.1. The summed E-state index contributed by atoms with van der Waals surface area (Å²) in [5.41, 5.74) is 4.53. The summed E-state index contributed by atoms with van der Waals surface area (Å²) in [5, 5.41) is 4.89. The first-order chi connectivity index (χ1) is 14.6. The van der Waals surface area contributed by atoms with E-state index in [1.807, 2.05) is 41.8 Å². The van der Waals surface area contributed by atoms with Crippen LogP contribution in [0.4, 0.5) is 0 Å². The highest BCUT2D eigenvalue weighted by Gasteiger charge is 2.12. The zero-order valence-electron chi connectivity index (χ0n) is 17.2. The van der Waals surface area contributed by atoms with E-state index in [-0.39, 0.29) is 5.91 Å². The number of carbonyl (C=O) groups excluding carboxylic acids is 1. The van der Waals surface area contributed by atoms with E-state index < -0.39 is 0 Å². The Labute approximate surface area is 180 Å². The van der Waals surface area contributed by atoms with Gasteiger partial charge in [0.2, 0.25) is 0 Å². The van der Waals surface area contributed by atoms with Gasteiger partial charge in [0, 0.05) is 13.0 Å². The first kappa shape index (κ1) is 20.2. The predicted octanol–water partition coefficient (Wildman–Crippen LogP) is 4.77. The van der Waals surface area contributed by atoms with Gasteiger partial charge < -0.3 is 14.6 Å². The SMILES string of the molecule is Cc1ccc(OCCn2c(CCNC(=O)c3cccs3)nc3ccccc32)cc1C. The molecule has 2 aromatic carbocycles. The molecule has 2 aromatic heterocycles. The van der Waals surface area contributed by atoms with Crippen molar-refractivity contribution in [3.63, 3.8) is 0 Å². The highest BCUT2D eigenvalue weighted by Crippen LogP contribution is 2.19. The monoisotopic (exact) mass is 419 g/mol.